The van der Waals surface area contributed by atoms with Gasteiger partial charge in [-0.2, -0.15) is 0 Å². The second-order valence-corrected chi connectivity index (χ2v) is 20.3. The van der Waals surface area contributed by atoms with E-state index in [1.165, 1.54) is 193 Å². The first kappa shape index (κ1) is 68.0. The number of carbonyl (C=O) groups excluding carboxylic acids is 2. The topological polar surface area (TPSA) is 88.5 Å². The molecule has 0 aromatic carbocycles. The highest BCUT2D eigenvalue weighted by atomic mass is 16.5. The highest BCUT2D eigenvalue weighted by Gasteiger charge is 2.14. The minimum Gasteiger partial charge on any atom is -0.465 e. The SMILES string of the molecule is CCCCCCCCC(CCCCCC)COC.CCCCCCCCC(CCCCCC)COC(=O)CCCCCN(CCCCCC=O)CCN(CCCCCCCC)CCOCCO. The zero-order valence-corrected chi connectivity index (χ0v) is 46.3. The molecule has 402 valence electrons. The molecule has 0 fully saturated rings. The van der Waals surface area contributed by atoms with Gasteiger partial charge < -0.3 is 29.0 Å². The smallest absolute Gasteiger partial charge is 0.305 e. The van der Waals surface area contributed by atoms with E-state index in [2.05, 4.69) is 44.4 Å². The third-order valence-electron chi connectivity index (χ3n) is 13.7. The van der Waals surface area contributed by atoms with Crippen molar-refractivity contribution in [3.8, 4) is 0 Å². The number of aliphatic hydroxyl groups excluding tert-OH is 1. The first-order chi connectivity index (χ1) is 32.9. The summed E-state index contributed by atoms with van der Waals surface area (Å²) < 4.78 is 16.8. The molecule has 0 aliphatic rings. The van der Waals surface area contributed by atoms with Gasteiger partial charge in [0.05, 0.1) is 26.4 Å². The number of esters is 1. The van der Waals surface area contributed by atoms with E-state index in [-0.39, 0.29) is 12.6 Å². The van der Waals surface area contributed by atoms with Gasteiger partial charge in [0.15, 0.2) is 0 Å². The molecule has 0 saturated carbocycles. The number of nitrogens with zero attached hydrogens (tertiary/aromatic N) is 2. The van der Waals surface area contributed by atoms with Gasteiger partial charge in [0.1, 0.15) is 6.29 Å². The fraction of sp³-hybridized carbons (Fsp3) is 0.966. The Morgan fingerprint density at radius 3 is 1.25 bits per heavy atom. The molecule has 0 radical (unpaired) electrons. The number of rotatable bonds is 55. The minimum atomic E-state index is -0.0118. The Kier molecular flexibility index (Phi) is 60.2. The van der Waals surface area contributed by atoms with E-state index < -0.39 is 0 Å². The molecule has 0 saturated heterocycles. The van der Waals surface area contributed by atoms with Gasteiger partial charge in [-0.25, -0.2) is 0 Å². The van der Waals surface area contributed by atoms with Crippen molar-refractivity contribution in [2.24, 2.45) is 11.8 Å². The molecule has 0 spiro atoms. The van der Waals surface area contributed by atoms with Crippen LogP contribution in [0.2, 0.25) is 0 Å². The molecule has 0 bridgehead atoms. The lowest BCUT2D eigenvalue weighted by molar-refractivity contribution is -0.145. The Bertz CT molecular complexity index is 940. The largest absolute Gasteiger partial charge is 0.465 e. The third-order valence-corrected chi connectivity index (χ3v) is 13.7. The third kappa shape index (κ3) is 54.1. The average Bonchev–Trinajstić information content (AvgIpc) is 3.33. The predicted octanol–water partition coefficient (Wildman–Crippen LogP) is 16.1. The first-order valence-corrected chi connectivity index (χ1v) is 29.7. The van der Waals surface area contributed by atoms with Gasteiger partial charge in [0.2, 0.25) is 0 Å². The molecule has 2 atom stereocenters. The first-order valence-electron chi connectivity index (χ1n) is 29.7. The molecule has 0 aliphatic carbocycles. The van der Waals surface area contributed by atoms with Crippen molar-refractivity contribution < 1.29 is 28.9 Å². The van der Waals surface area contributed by atoms with Gasteiger partial charge >= 0.3 is 5.97 Å². The Hall–Kier alpha value is -1.06. The second kappa shape index (κ2) is 59.2. The van der Waals surface area contributed by atoms with Crippen LogP contribution in [0.1, 0.15) is 279 Å². The summed E-state index contributed by atoms with van der Waals surface area (Å²) in [4.78, 5) is 28.6. The van der Waals surface area contributed by atoms with Crippen molar-refractivity contribution in [1.29, 1.82) is 0 Å². The molecule has 0 aromatic heterocycles. The predicted molar refractivity (Wildman–Crippen MR) is 290 cm³/mol. The van der Waals surface area contributed by atoms with E-state index in [4.69, 9.17) is 19.3 Å². The summed E-state index contributed by atoms with van der Waals surface area (Å²) in [5.74, 6) is 1.33. The van der Waals surface area contributed by atoms with Crippen LogP contribution in [0.4, 0.5) is 0 Å². The van der Waals surface area contributed by atoms with Crippen molar-refractivity contribution in [3.63, 3.8) is 0 Å². The summed E-state index contributed by atoms with van der Waals surface area (Å²) in [5.41, 5.74) is 0. The molecule has 67 heavy (non-hydrogen) atoms. The van der Waals surface area contributed by atoms with Crippen LogP contribution in [0.3, 0.4) is 0 Å². The maximum Gasteiger partial charge on any atom is 0.305 e. The zero-order chi connectivity index (χ0) is 49.4. The van der Waals surface area contributed by atoms with Crippen LogP contribution < -0.4 is 0 Å². The van der Waals surface area contributed by atoms with E-state index >= 15 is 0 Å². The van der Waals surface area contributed by atoms with E-state index in [1.807, 2.05) is 7.11 Å². The van der Waals surface area contributed by atoms with Gasteiger partial charge in [-0.3, -0.25) is 9.69 Å². The van der Waals surface area contributed by atoms with E-state index in [9.17, 15) is 9.59 Å². The monoisotopic (exact) mass is 953 g/mol. The Morgan fingerprint density at radius 1 is 0.448 bits per heavy atom. The van der Waals surface area contributed by atoms with Crippen LogP contribution in [-0.4, -0.2) is 107 Å². The number of ether oxygens (including phenoxy) is 3. The van der Waals surface area contributed by atoms with Crippen molar-refractivity contribution in [2.45, 2.75) is 279 Å². The molecule has 0 aromatic rings. The molecular weight excluding hydrogens is 833 g/mol. The number of aliphatic hydroxyl groups is 1. The normalized spacial score (nSPS) is 12.4. The fourth-order valence-corrected chi connectivity index (χ4v) is 9.24. The second-order valence-electron chi connectivity index (χ2n) is 20.3. The molecule has 2 unspecified atom stereocenters. The molecule has 0 aliphatic heterocycles. The summed E-state index contributed by atoms with van der Waals surface area (Å²) in [6.45, 7) is 20.3. The minimum absolute atomic E-state index is 0.0118. The Balaban J connectivity index is 0. The average molecular weight is 954 g/mol. The van der Waals surface area contributed by atoms with Crippen LogP contribution in [0, 0.1) is 11.8 Å². The maximum atomic E-state index is 12.7. The number of aldehydes is 1. The molecule has 8 heteroatoms. The summed E-state index contributed by atoms with van der Waals surface area (Å²) in [6, 6.07) is 0. The summed E-state index contributed by atoms with van der Waals surface area (Å²) in [6.07, 6.45) is 48.4. The molecule has 0 heterocycles. The quantitative estimate of drug-likeness (QED) is 0.0366. The van der Waals surface area contributed by atoms with Gasteiger partial charge in [0, 0.05) is 46.2 Å². The lowest BCUT2D eigenvalue weighted by atomic mass is 9.95. The molecule has 1 N–H and O–H groups in total. The van der Waals surface area contributed by atoms with E-state index in [1.54, 1.807) is 0 Å². The summed E-state index contributed by atoms with van der Waals surface area (Å²) in [7, 11) is 1.85. The van der Waals surface area contributed by atoms with Gasteiger partial charge in [-0.1, -0.05) is 208 Å². The number of carbonyl (C=O) groups is 2. The van der Waals surface area contributed by atoms with Crippen LogP contribution in [0.25, 0.3) is 0 Å². The number of methoxy groups -OCH3 is 1. The van der Waals surface area contributed by atoms with Crippen LogP contribution in [-0.2, 0) is 23.8 Å². The van der Waals surface area contributed by atoms with E-state index in [0.29, 0.717) is 38.6 Å². The zero-order valence-electron chi connectivity index (χ0n) is 46.3. The van der Waals surface area contributed by atoms with Crippen LogP contribution in [0.15, 0.2) is 0 Å². The Labute approximate surface area is 419 Å². The van der Waals surface area contributed by atoms with Crippen LogP contribution >= 0.6 is 0 Å². The number of hydrogen-bond donors (Lipinski definition) is 1. The van der Waals surface area contributed by atoms with Gasteiger partial charge in [0.25, 0.3) is 0 Å². The fourth-order valence-electron chi connectivity index (χ4n) is 9.24. The van der Waals surface area contributed by atoms with Crippen LogP contribution in [0.5, 0.6) is 0 Å². The van der Waals surface area contributed by atoms with Gasteiger partial charge in [-0.15, -0.1) is 0 Å². The highest BCUT2D eigenvalue weighted by molar-refractivity contribution is 5.69. The molecule has 0 amide bonds. The molecule has 8 nitrogen and oxygen atoms in total. The van der Waals surface area contributed by atoms with Crippen molar-refractivity contribution in [2.75, 3.05) is 79.4 Å². The van der Waals surface area contributed by atoms with Crippen molar-refractivity contribution in [3.05, 3.63) is 0 Å². The summed E-state index contributed by atoms with van der Waals surface area (Å²) >= 11 is 0. The van der Waals surface area contributed by atoms with Crippen molar-refractivity contribution >= 4 is 12.3 Å². The highest BCUT2D eigenvalue weighted by Crippen LogP contribution is 2.21. The van der Waals surface area contributed by atoms with Gasteiger partial charge in [-0.05, 0) is 89.3 Å². The lowest BCUT2D eigenvalue weighted by Gasteiger charge is -2.28. The maximum absolute atomic E-state index is 12.7. The number of hydrogen-bond acceptors (Lipinski definition) is 8. The lowest BCUT2D eigenvalue weighted by Crippen LogP contribution is -2.38. The van der Waals surface area contributed by atoms with Crippen molar-refractivity contribution in [1.82, 2.24) is 9.80 Å². The summed E-state index contributed by atoms with van der Waals surface area (Å²) in [5, 5.41) is 9.10. The Morgan fingerprint density at radius 2 is 0.821 bits per heavy atom. The molecule has 0 rings (SSSR count). The standard InChI is InChI=1S/C42H84N2O5.C17H36O/c1-4-7-10-13-15-21-28-41(27-20-12-9-6-3)40-49-42(47)29-22-19-25-31-43(30-24-17-18-26-36-45)33-34-44(35-38-48-39-37-46)32-23-16-14-11-8-5-2;1-4-6-8-10-11-13-15-17(16-18-3)14-12-9-7-5-2/h36,41,46H,4-35,37-40H2,1-3H3;17H,4-16H2,1-3H3. The molecular formula is C59H120N2O6. The number of unbranched alkanes of at least 4 members (excludes halogenated alkanes) is 26. The van der Waals surface area contributed by atoms with E-state index in [0.717, 1.165) is 96.6 Å².